The van der Waals surface area contributed by atoms with E-state index in [1.54, 1.807) is 0 Å². The number of H-pyrrole nitrogens is 1. The molecule has 2 unspecified atom stereocenters. The van der Waals surface area contributed by atoms with E-state index in [2.05, 4.69) is 10.2 Å². The average Bonchev–Trinajstić information content (AvgIpc) is 2.57. The van der Waals surface area contributed by atoms with Gasteiger partial charge in [-0.3, -0.25) is 5.10 Å². The van der Waals surface area contributed by atoms with Crippen LogP contribution < -0.4 is 0 Å². The first-order valence-corrected chi connectivity index (χ1v) is 4.11. The Morgan fingerprint density at radius 2 is 2.20 bits per heavy atom. The molecule has 0 amide bonds. The van der Waals surface area contributed by atoms with Gasteiger partial charge in [0.15, 0.2) is 18.0 Å². The quantitative estimate of drug-likeness (QED) is 0.815. The molecule has 0 fully saturated rings. The van der Waals surface area contributed by atoms with E-state index in [1.165, 1.54) is 6.92 Å². The van der Waals surface area contributed by atoms with Gasteiger partial charge >= 0.3 is 5.97 Å². The highest BCUT2D eigenvalue weighted by Crippen LogP contribution is 2.26. The lowest BCUT2D eigenvalue weighted by atomic mass is 10.1. The van der Waals surface area contributed by atoms with E-state index in [1.807, 2.05) is 0 Å². The predicted molar refractivity (Wildman–Crippen MR) is 45.0 cm³/mol. The summed E-state index contributed by atoms with van der Waals surface area (Å²) in [5.41, 5.74) is -0.748. The lowest BCUT2D eigenvalue weighted by molar-refractivity contribution is 0.0689. The smallest absolute Gasteiger partial charge is 0.356 e. The first-order chi connectivity index (χ1) is 6.99. The molecule has 0 aromatic carbocycles. The van der Waals surface area contributed by atoms with Gasteiger partial charge in [-0.05, 0) is 6.92 Å². The van der Waals surface area contributed by atoms with E-state index >= 15 is 0 Å². The average molecular weight is 222 g/mol. The van der Waals surface area contributed by atoms with Gasteiger partial charge in [0.05, 0.1) is 5.69 Å². The second kappa shape index (κ2) is 4.33. The van der Waals surface area contributed by atoms with Gasteiger partial charge in [-0.15, -0.1) is 0 Å². The largest absolute Gasteiger partial charge is 0.476 e. The number of aromatic nitrogens is 2. The Morgan fingerprint density at radius 3 is 2.60 bits per heavy atom. The third-order valence-corrected chi connectivity index (χ3v) is 1.99. The fourth-order valence-corrected chi connectivity index (χ4v) is 1.15. The Kier molecular flexibility index (Phi) is 3.33. The van der Waals surface area contributed by atoms with Crippen molar-refractivity contribution in [1.29, 1.82) is 0 Å². The number of nitrogens with zero attached hydrogens (tertiary/aromatic N) is 1. The van der Waals surface area contributed by atoms with Crippen LogP contribution >= 0.6 is 0 Å². The van der Waals surface area contributed by atoms with Crippen LogP contribution in [0.1, 0.15) is 27.9 Å². The number of nitrogens with one attached hydrogen (secondary N) is 1. The highest BCUT2D eigenvalue weighted by molar-refractivity contribution is 5.87. The molecule has 1 aromatic rings. The van der Waals surface area contributed by atoms with Gasteiger partial charge in [0.2, 0.25) is 0 Å². The Morgan fingerprint density at radius 1 is 1.60 bits per heavy atom. The summed E-state index contributed by atoms with van der Waals surface area (Å²) >= 11 is 0. The van der Waals surface area contributed by atoms with Crippen LogP contribution in [-0.2, 0) is 0 Å². The first kappa shape index (κ1) is 11.5. The number of carboxylic acid groups (broad SMARTS) is 1. The molecule has 0 saturated heterocycles. The minimum atomic E-state index is -2.31. The number of carboxylic acids is 1. The maximum Gasteiger partial charge on any atom is 0.356 e. The molecule has 1 rings (SSSR count). The van der Waals surface area contributed by atoms with Crippen LogP contribution in [0.2, 0.25) is 0 Å². The Labute approximate surface area is 83.1 Å². The summed E-state index contributed by atoms with van der Waals surface area (Å²) in [7, 11) is 0. The molecular weight excluding hydrogens is 213 g/mol. The van der Waals surface area contributed by atoms with Crippen LogP contribution in [0.15, 0.2) is 0 Å². The topological polar surface area (TPSA) is 66.0 Å². The molecule has 2 N–H and O–H groups in total. The van der Waals surface area contributed by atoms with Crippen LogP contribution in [0.5, 0.6) is 0 Å². The lowest BCUT2D eigenvalue weighted by Crippen LogP contribution is -2.13. The summed E-state index contributed by atoms with van der Waals surface area (Å²) in [6.07, 6.45) is -4.54. The highest BCUT2D eigenvalue weighted by atomic mass is 19.2. The molecule has 0 aliphatic rings. The molecule has 0 radical (unpaired) electrons. The third-order valence-electron chi connectivity index (χ3n) is 1.99. The van der Waals surface area contributed by atoms with Crippen molar-refractivity contribution in [3.63, 3.8) is 0 Å². The van der Waals surface area contributed by atoms with Gasteiger partial charge in [-0.25, -0.2) is 18.0 Å². The molecule has 0 saturated carbocycles. The molecule has 0 spiro atoms. The van der Waals surface area contributed by atoms with Crippen molar-refractivity contribution in [1.82, 2.24) is 10.2 Å². The number of hydrogen-bond acceptors (Lipinski definition) is 2. The molecule has 1 aromatic heterocycles. The fraction of sp³-hybridized carbons (Fsp3) is 0.500. The van der Waals surface area contributed by atoms with E-state index in [0.717, 1.165) is 0 Å². The van der Waals surface area contributed by atoms with E-state index in [-0.39, 0.29) is 11.3 Å². The van der Waals surface area contributed by atoms with Crippen LogP contribution in [0.3, 0.4) is 0 Å². The number of carbonyl (C=O) groups is 1. The number of alkyl halides is 3. The zero-order valence-electron chi connectivity index (χ0n) is 7.80. The SMILES string of the molecule is Cc1c(C(=O)O)n[nH]c1C(F)C(F)CF. The molecule has 0 aliphatic carbocycles. The Bertz CT molecular complexity index is 367. The summed E-state index contributed by atoms with van der Waals surface area (Å²) < 4.78 is 37.7. The highest BCUT2D eigenvalue weighted by Gasteiger charge is 2.28. The number of halogens is 3. The zero-order chi connectivity index (χ0) is 11.6. The summed E-state index contributed by atoms with van der Waals surface area (Å²) in [4.78, 5) is 10.5. The van der Waals surface area contributed by atoms with Crippen LogP contribution in [0.25, 0.3) is 0 Å². The Balaban J connectivity index is 3.01. The Hall–Kier alpha value is -1.53. The summed E-state index contributed by atoms with van der Waals surface area (Å²) in [5.74, 6) is -1.35. The monoisotopic (exact) mass is 222 g/mol. The van der Waals surface area contributed by atoms with E-state index in [4.69, 9.17) is 5.11 Å². The van der Waals surface area contributed by atoms with Gasteiger partial charge in [-0.1, -0.05) is 0 Å². The van der Waals surface area contributed by atoms with Crippen molar-refractivity contribution in [3.05, 3.63) is 17.0 Å². The van der Waals surface area contributed by atoms with Crippen molar-refractivity contribution in [2.75, 3.05) is 6.67 Å². The number of aromatic amines is 1. The number of aromatic carboxylic acids is 1. The molecule has 4 nitrogen and oxygen atoms in total. The van der Waals surface area contributed by atoms with Crippen molar-refractivity contribution in [2.24, 2.45) is 0 Å². The second-order valence-corrected chi connectivity index (χ2v) is 2.99. The maximum absolute atomic E-state index is 13.2. The van der Waals surface area contributed by atoms with Crippen LogP contribution in [0.4, 0.5) is 13.2 Å². The minimum Gasteiger partial charge on any atom is -0.476 e. The standard InChI is InChI=1S/C8H9F3N2O2/c1-3-6(5(11)4(10)2-9)12-13-7(3)8(14)15/h4-5H,2H2,1H3,(H,12,13)(H,14,15). The van der Waals surface area contributed by atoms with Crippen LogP contribution in [0, 0.1) is 6.92 Å². The zero-order valence-corrected chi connectivity index (χ0v) is 7.80. The van der Waals surface area contributed by atoms with E-state index in [9.17, 15) is 18.0 Å². The third kappa shape index (κ3) is 2.11. The lowest BCUT2D eigenvalue weighted by Gasteiger charge is -2.08. The number of rotatable bonds is 4. The van der Waals surface area contributed by atoms with Crippen molar-refractivity contribution in [2.45, 2.75) is 19.3 Å². The van der Waals surface area contributed by atoms with E-state index in [0.29, 0.717) is 0 Å². The van der Waals surface area contributed by atoms with E-state index < -0.39 is 30.7 Å². The van der Waals surface area contributed by atoms with Gasteiger partial charge in [0, 0.05) is 5.56 Å². The number of hydrogen-bond donors (Lipinski definition) is 2. The summed E-state index contributed by atoms with van der Waals surface area (Å²) in [5, 5.41) is 13.9. The first-order valence-electron chi connectivity index (χ1n) is 4.11. The maximum atomic E-state index is 13.2. The van der Waals surface area contributed by atoms with Gasteiger partial charge < -0.3 is 5.11 Å². The van der Waals surface area contributed by atoms with Crippen molar-refractivity contribution < 1.29 is 23.1 Å². The van der Waals surface area contributed by atoms with Crippen molar-refractivity contribution >= 4 is 5.97 Å². The second-order valence-electron chi connectivity index (χ2n) is 2.99. The molecule has 84 valence electrons. The van der Waals surface area contributed by atoms with Gasteiger partial charge in [0.1, 0.15) is 6.67 Å². The van der Waals surface area contributed by atoms with Crippen LogP contribution in [-0.4, -0.2) is 34.1 Å². The fourth-order valence-electron chi connectivity index (χ4n) is 1.15. The molecule has 7 heteroatoms. The summed E-state index contributed by atoms with van der Waals surface area (Å²) in [6, 6.07) is 0. The molecule has 0 bridgehead atoms. The minimum absolute atomic E-state index is 0.0221. The van der Waals surface area contributed by atoms with Gasteiger partial charge in [0.25, 0.3) is 0 Å². The molecule has 15 heavy (non-hydrogen) atoms. The predicted octanol–water partition coefficient (Wildman–Crippen LogP) is 1.73. The molecule has 1 heterocycles. The molecule has 2 atom stereocenters. The molecular formula is C8H9F3N2O2. The normalized spacial score (nSPS) is 14.9. The van der Waals surface area contributed by atoms with Gasteiger partial charge in [-0.2, -0.15) is 5.10 Å². The summed E-state index contributed by atoms with van der Waals surface area (Å²) in [6.45, 7) is -0.193. The van der Waals surface area contributed by atoms with Crippen molar-refractivity contribution in [3.8, 4) is 0 Å². The molecule has 0 aliphatic heterocycles.